The van der Waals surface area contributed by atoms with Crippen LogP contribution in [0.15, 0.2) is 0 Å². The van der Waals surface area contributed by atoms with E-state index in [0.29, 0.717) is 11.4 Å². The summed E-state index contributed by atoms with van der Waals surface area (Å²) in [6.45, 7) is 5.01. The Labute approximate surface area is 115 Å². The fourth-order valence-electron chi connectivity index (χ4n) is 2.39. The highest BCUT2D eigenvalue weighted by Gasteiger charge is 2.20. The molecule has 1 rings (SSSR count). The van der Waals surface area contributed by atoms with E-state index in [1.165, 1.54) is 25.9 Å². The molecule has 1 aliphatic heterocycles. The molecule has 3 N–H and O–H groups in total. The van der Waals surface area contributed by atoms with E-state index in [0.717, 1.165) is 18.9 Å². The van der Waals surface area contributed by atoms with Gasteiger partial charge < -0.3 is 16.0 Å². The van der Waals surface area contributed by atoms with Crippen LogP contribution in [0.4, 0.5) is 0 Å². The number of nitrogens with two attached hydrogens (primary N) is 1. The van der Waals surface area contributed by atoms with Crippen LogP contribution in [-0.4, -0.2) is 42.5 Å². The Balaban J connectivity index is 2.21. The number of thiocarbonyl (C=S) groups is 1. The summed E-state index contributed by atoms with van der Waals surface area (Å²) in [6.07, 6.45) is 4.21. The second-order valence-electron chi connectivity index (χ2n) is 5.19. The number of amides is 1. The molecule has 1 atom stereocenters. The van der Waals surface area contributed by atoms with E-state index in [9.17, 15) is 4.79 Å². The molecule has 0 aromatic heterocycles. The first kappa shape index (κ1) is 15.4. The summed E-state index contributed by atoms with van der Waals surface area (Å²) in [4.78, 5) is 14.5. The number of nitrogens with zero attached hydrogens (tertiary/aromatic N) is 1. The normalized spacial score (nSPS) is 19.4. The second kappa shape index (κ2) is 7.69. The largest absolute Gasteiger partial charge is 0.393 e. The molecule has 1 heterocycles. The van der Waals surface area contributed by atoms with Crippen molar-refractivity contribution >= 4 is 23.1 Å². The molecular formula is C13H25N3OS. The molecule has 1 aliphatic rings. The highest BCUT2D eigenvalue weighted by Crippen LogP contribution is 2.18. The Hall–Kier alpha value is -0.680. The van der Waals surface area contributed by atoms with Gasteiger partial charge in [-0.15, -0.1) is 0 Å². The van der Waals surface area contributed by atoms with Gasteiger partial charge in [-0.05, 0) is 51.7 Å². The quantitative estimate of drug-likeness (QED) is 0.712. The first-order valence-corrected chi connectivity index (χ1v) is 7.21. The summed E-state index contributed by atoms with van der Waals surface area (Å²) >= 11 is 4.89. The molecule has 0 radical (unpaired) electrons. The third-order valence-corrected chi connectivity index (χ3v) is 4.04. The Morgan fingerprint density at radius 2 is 2.11 bits per heavy atom. The number of hydrogen-bond acceptors (Lipinski definition) is 3. The number of carbonyl (C=O) groups is 1. The Morgan fingerprint density at radius 3 is 2.61 bits per heavy atom. The van der Waals surface area contributed by atoms with Gasteiger partial charge in [0.15, 0.2) is 0 Å². The average molecular weight is 271 g/mol. The van der Waals surface area contributed by atoms with E-state index in [2.05, 4.69) is 17.3 Å². The van der Waals surface area contributed by atoms with Crippen LogP contribution in [0, 0.1) is 11.8 Å². The van der Waals surface area contributed by atoms with Crippen molar-refractivity contribution < 1.29 is 4.79 Å². The lowest BCUT2D eigenvalue weighted by Crippen LogP contribution is -2.39. The molecule has 0 aromatic rings. The first-order valence-electron chi connectivity index (χ1n) is 6.80. The SMILES string of the molecule is CCC(C(=O)NCCC1CCN(C)CC1)C(N)=S. The van der Waals surface area contributed by atoms with Crippen LogP contribution in [0.3, 0.4) is 0 Å². The maximum Gasteiger partial charge on any atom is 0.229 e. The molecule has 0 saturated carbocycles. The third kappa shape index (κ3) is 4.90. The van der Waals surface area contributed by atoms with Gasteiger partial charge >= 0.3 is 0 Å². The molecule has 0 aromatic carbocycles. The van der Waals surface area contributed by atoms with E-state index in [1.807, 2.05) is 6.92 Å². The minimum atomic E-state index is -0.308. The van der Waals surface area contributed by atoms with Gasteiger partial charge in [0.05, 0.1) is 10.9 Å². The second-order valence-corrected chi connectivity index (χ2v) is 5.66. The van der Waals surface area contributed by atoms with Gasteiger partial charge in [0.1, 0.15) is 0 Å². The van der Waals surface area contributed by atoms with Crippen LogP contribution in [-0.2, 0) is 4.79 Å². The van der Waals surface area contributed by atoms with Crippen LogP contribution in [0.25, 0.3) is 0 Å². The lowest BCUT2D eigenvalue weighted by atomic mass is 9.94. The molecule has 1 saturated heterocycles. The van der Waals surface area contributed by atoms with Crippen molar-refractivity contribution in [1.82, 2.24) is 10.2 Å². The maximum atomic E-state index is 11.8. The molecular weight excluding hydrogens is 246 g/mol. The van der Waals surface area contributed by atoms with Gasteiger partial charge in [0, 0.05) is 6.54 Å². The van der Waals surface area contributed by atoms with Gasteiger partial charge in [0.2, 0.25) is 5.91 Å². The van der Waals surface area contributed by atoms with Crippen molar-refractivity contribution in [3.63, 3.8) is 0 Å². The van der Waals surface area contributed by atoms with Gasteiger partial charge in [0.25, 0.3) is 0 Å². The lowest BCUT2D eigenvalue weighted by molar-refractivity contribution is -0.123. The summed E-state index contributed by atoms with van der Waals surface area (Å²) < 4.78 is 0. The summed E-state index contributed by atoms with van der Waals surface area (Å²) in [6, 6.07) is 0. The van der Waals surface area contributed by atoms with Crippen LogP contribution in [0.1, 0.15) is 32.6 Å². The smallest absolute Gasteiger partial charge is 0.229 e. The highest BCUT2D eigenvalue weighted by atomic mass is 32.1. The Kier molecular flexibility index (Phi) is 6.57. The molecule has 18 heavy (non-hydrogen) atoms. The van der Waals surface area contributed by atoms with Crippen molar-refractivity contribution in [2.24, 2.45) is 17.6 Å². The molecule has 1 amide bonds. The Morgan fingerprint density at radius 1 is 1.50 bits per heavy atom. The van der Waals surface area contributed by atoms with E-state index in [-0.39, 0.29) is 11.8 Å². The predicted molar refractivity (Wildman–Crippen MR) is 78.4 cm³/mol. The number of piperidine rings is 1. The topological polar surface area (TPSA) is 58.4 Å². The highest BCUT2D eigenvalue weighted by molar-refractivity contribution is 7.80. The van der Waals surface area contributed by atoms with Gasteiger partial charge in [-0.1, -0.05) is 19.1 Å². The van der Waals surface area contributed by atoms with Crippen LogP contribution >= 0.6 is 12.2 Å². The summed E-state index contributed by atoms with van der Waals surface area (Å²) in [5, 5.41) is 2.95. The van der Waals surface area contributed by atoms with Crippen LogP contribution in [0.2, 0.25) is 0 Å². The fourth-order valence-corrected chi connectivity index (χ4v) is 2.66. The zero-order valence-corrected chi connectivity index (χ0v) is 12.3. The van der Waals surface area contributed by atoms with E-state index >= 15 is 0 Å². The van der Waals surface area contributed by atoms with Crippen molar-refractivity contribution in [1.29, 1.82) is 0 Å². The van der Waals surface area contributed by atoms with Gasteiger partial charge in [-0.25, -0.2) is 0 Å². The van der Waals surface area contributed by atoms with Crippen molar-refractivity contribution in [2.75, 3.05) is 26.7 Å². The summed E-state index contributed by atoms with van der Waals surface area (Å²) in [5.74, 6) is 0.418. The van der Waals surface area contributed by atoms with Crippen LogP contribution in [0.5, 0.6) is 0 Å². The third-order valence-electron chi connectivity index (χ3n) is 3.76. The molecule has 4 nitrogen and oxygen atoms in total. The molecule has 1 unspecified atom stereocenters. The van der Waals surface area contributed by atoms with E-state index < -0.39 is 0 Å². The van der Waals surface area contributed by atoms with Crippen molar-refractivity contribution in [3.05, 3.63) is 0 Å². The number of rotatable bonds is 6. The number of carbonyl (C=O) groups excluding carboxylic acids is 1. The molecule has 0 bridgehead atoms. The fraction of sp³-hybridized carbons (Fsp3) is 0.846. The minimum absolute atomic E-state index is 0.0158. The van der Waals surface area contributed by atoms with Gasteiger partial charge in [-0.2, -0.15) is 0 Å². The summed E-state index contributed by atoms with van der Waals surface area (Å²) in [7, 11) is 2.16. The monoisotopic (exact) mass is 271 g/mol. The molecule has 5 heteroatoms. The van der Waals surface area contributed by atoms with Crippen molar-refractivity contribution in [2.45, 2.75) is 32.6 Å². The van der Waals surface area contributed by atoms with Gasteiger partial charge in [-0.3, -0.25) is 4.79 Å². The lowest BCUT2D eigenvalue weighted by Gasteiger charge is -2.29. The van der Waals surface area contributed by atoms with Crippen molar-refractivity contribution in [3.8, 4) is 0 Å². The number of hydrogen-bond donors (Lipinski definition) is 2. The predicted octanol–water partition coefficient (Wildman–Crippen LogP) is 1.15. The van der Waals surface area contributed by atoms with Crippen LogP contribution < -0.4 is 11.1 Å². The maximum absolute atomic E-state index is 11.8. The minimum Gasteiger partial charge on any atom is -0.393 e. The molecule has 0 aliphatic carbocycles. The molecule has 1 fully saturated rings. The zero-order chi connectivity index (χ0) is 13.5. The first-order chi connectivity index (χ1) is 8.54. The Bertz CT molecular complexity index is 288. The zero-order valence-electron chi connectivity index (χ0n) is 11.4. The average Bonchev–Trinajstić information content (AvgIpc) is 2.32. The standard InChI is InChI=1S/C13H25N3OS/c1-3-11(12(14)18)13(17)15-7-4-10-5-8-16(2)9-6-10/h10-11H,3-9H2,1-2H3,(H2,14,18)(H,15,17). The van der Waals surface area contributed by atoms with E-state index in [1.54, 1.807) is 0 Å². The molecule has 104 valence electrons. The molecule has 0 spiro atoms. The summed E-state index contributed by atoms with van der Waals surface area (Å²) in [5.41, 5.74) is 5.54. The number of likely N-dealkylation sites (tertiary alicyclic amines) is 1. The number of nitrogens with one attached hydrogen (secondary N) is 1. The van der Waals surface area contributed by atoms with E-state index in [4.69, 9.17) is 18.0 Å².